The van der Waals surface area contributed by atoms with E-state index in [0.717, 1.165) is 19.4 Å². The van der Waals surface area contributed by atoms with E-state index in [0.29, 0.717) is 12.0 Å². The van der Waals surface area contributed by atoms with E-state index in [1.807, 2.05) is 0 Å². The lowest BCUT2D eigenvalue weighted by molar-refractivity contribution is -0.119. The molecule has 1 unspecified atom stereocenters. The third-order valence-corrected chi connectivity index (χ3v) is 3.19. The second kappa shape index (κ2) is 4.62. The Hall–Kier alpha value is -0.770. The summed E-state index contributed by atoms with van der Waals surface area (Å²) in [6.07, 6.45) is 4.53. The number of hydrogen-bond acceptors (Lipinski definition) is 2. The Balaban J connectivity index is 1.86. The van der Waals surface area contributed by atoms with Gasteiger partial charge in [0.05, 0.1) is 0 Å². The predicted octanol–water partition coefficient (Wildman–Crippen LogP) is 1.72. The lowest BCUT2D eigenvalue weighted by Crippen LogP contribution is -2.46. The number of alkyl halides is 1. The van der Waals surface area contributed by atoms with Gasteiger partial charge in [-0.1, -0.05) is 0 Å². The minimum atomic E-state index is -0.661. The molecule has 2 saturated carbocycles. The quantitative estimate of drug-likeness (QED) is 0.766. The van der Waals surface area contributed by atoms with Crippen LogP contribution in [0.4, 0.5) is 4.79 Å². The van der Waals surface area contributed by atoms with Crippen LogP contribution >= 0.6 is 11.6 Å². The maximum atomic E-state index is 11.8. The van der Waals surface area contributed by atoms with Crippen molar-refractivity contribution in [2.24, 2.45) is 5.92 Å². The fourth-order valence-electron chi connectivity index (χ4n) is 1.64. The monoisotopic (exact) mass is 244 g/mol. The molecule has 0 heterocycles. The Morgan fingerprint density at radius 2 is 2.00 bits per heavy atom. The van der Waals surface area contributed by atoms with Gasteiger partial charge in [-0.2, -0.15) is 0 Å². The van der Waals surface area contributed by atoms with Crippen LogP contribution in [0.5, 0.6) is 0 Å². The van der Waals surface area contributed by atoms with Crippen molar-refractivity contribution in [2.45, 2.75) is 44.0 Å². The number of amides is 3. The molecule has 1 N–H and O–H groups in total. The van der Waals surface area contributed by atoms with E-state index in [1.165, 1.54) is 12.8 Å². The standard InChI is InChI=1S/C11H17ClN2O2/c1-7(12)10(15)13-11(16)14(9-4-5-9)6-8-2-3-8/h7-9H,2-6H2,1H3,(H,13,15,16). The van der Waals surface area contributed by atoms with E-state index < -0.39 is 11.3 Å². The van der Waals surface area contributed by atoms with Crippen molar-refractivity contribution in [1.29, 1.82) is 0 Å². The molecule has 0 aliphatic heterocycles. The minimum Gasteiger partial charge on any atom is -0.321 e. The minimum absolute atomic E-state index is 0.271. The topological polar surface area (TPSA) is 49.4 Å². The van der Waals surface area contributed by atoms with Crippen LogP contribution in [0.3, 0.4) is 0 Å². The summed E-state index contributed by atoms with van der Waals surface area (Å²) in [4.78, 5) is 25.0. The zero-order valence-electron chi connectivity index (χ0n) is 9.41. The first-order chi connectivity index (χ1) is 7.58. The zero-order valence-corrected chi connectivity index (χ0v) is 10.2. The third-order valence-electron chi connectivity index (χ3n) is 2.99. The largest absolute Gasteiger partial charge is 0.324 e. The second-order valence-electron chi connectivity index (χ2n) is 4.74. The van der Waals surface area contributed by atoms with Gasteiger partial charge in [0.2, 0.25) is 5.91 Å². The van der Waals surface area contributed by atoms with Gasteiger partial charge in [-0.25, -0.2) is 4.79 Å². The first kappa shape index (κ1) is 11.7. The molecule has 0 aromatic rings. The highest BCUT2D eigenvalue weighted by molar-refractivity contribution is 6.31. The molecule has 0 aromatic carbocycles. The Morgan fingerprint density at radius 1 is 1.38 bits per heavy atom. The molecule has 16 heavy (non-hydrogen) atoms. The van der Waals surface area contributed by atoms with E-state index in [4.69, 9.17) is 11.6 Å². The maximum Gasteiger partial charge on any atom is 0.324 e. The molecule has 0 aromatic heterocycles. The number of urea groups is 1. The molecule has 5 heteroatoms. The first-order valence-corrected chi connectivity index (χ1v) is 6.27. The SMILES string of the molecule is CC(Cl)C(=O)NC(=O)N(CC1CC1)C1CC1. The van der Waals surface area contributed by atoms with Gasteiger partial charge in [-0.05, 0) is 38.5 Å². The van der Waals surface area contributed by atoms with Gasteiger partial charge < -0.3 is 4.90 Å². The number of rotatable bonds is 4. The third kappa shape index (κ3) is 3.11. The molecule has 0 radical (unpaired) electrons. The summed E-state index contributed by atoms with van der Waals surface area (Å²) in [6, 6.07) is 0.0749. The molecular formula is C11H17ClN2O2. The highest BCUT2D eigenvalue weighted by Gasteiger charge is 2.37. The van der Waals surface area contributed by atoms with Crippen LogP contribution in [0, 0.1) is 5.92 Å². The molecule has 2 aliphatic carbocycles. The number of hydrogen-bond donors (Lipinski definition) is 1. The highest BCUT2D eigenvalue weighted by atomic mass is 35.5. The number of nitrogens with one attached hydrogen (secondary N) is 1. The number of carbonyl (C=O) groups excluding carboxylic acids is 2. The normalized spacial score (nSPS) is 21.4. The van der Waals surface area contributed by atoms with Crippen molar-refractivity contribution in [3.8, 4) is 0 Å². The van der Waals surface area contributed by atoms with Gasteiger partial charge in [-0.3, -0.25) is 10.1 Å². The molecule has 2 fully saturated rings. The Bertz CT molecular complexity index is 298. The lowest BCUT2D eigenvalue weighted by atomic mass is 10.3. The summed E-state index contributed by atoms with van der Waals surface area (Å²) in [5.41, 5.74) is 0. The van der Waals surface area contributed by atoms with Gasteiger partial charge in [0.15, 0.2) is 0 Å². The number of halogens is 1. The van der Waals surface area contributed by atoms with Crippen LogP contribution in [0.15, 0.2) is 0 Å². The van der Waals surface area contributed by atoms with Crippen molar-refractivity contribution >= 4 is 23.5 Å². The van der Waals surface area contributed by atoms with Crippen molar-refractivity contribution in [1.82, 2.24) is 10.2 Å². The molecule has 0 spiro atoms. The van der Waals surface area contributed by atoms with E-state index in [1.54, 1.807) is 11.8 Å². The fraction of sp³-hybridized carbons (Fsp3) is 0.818. The van der Waals surface area contributed by atoms with Crippen LogP contribution in [0.2, 0.25) is 0 Å². The van der Waals surface area contributed by atoms with E-state index in [9.17, 15) is 9.59 Å². The molecule has 0 saturated heterocycles. The smallest absolute Gasteiger partial charge is 0.321 e. The number of imide groups is 1. The average molecular weight is 245 g/mol. The maximum absolute atomic E-state index is 11.8. The Kier molecular flexibility index (Phi) is 3.38. The summed E-state index contributed by atoms with van der Waals surface area (Å²) in [7, 11) is 0. The van der Waals surface area contributed by atoms with Gasteiger partial charge in [0, 0.05) is 12.6 Å². The van der Waals surface area contributed by atoms with Crippen LogP contribution in [0.1, 0.15) is 32.6 Å². The summed E-state index contributed by atoms with van der Waals surface area (Å²) in [6.45, 7) is 2.35. The Morgan fingerprint density at radius 3 is 2.44 bits per heavy atom. The van der Waals surface area contributed by atoms with E-state index in [-0.39, 0.29) is 6.03 Å². The molecule has 2 aliphatic rings. The zero-order chi connectivity index (χ0) is 11.7. The van der Waals surface area contributed by atoms with Gasteiger partial charge in [-0.15, -0.1) is 11.6 Å². The van der Waals surface area contributed by atoms with Gasteiger partial charge in [0.1, 0.15) is 5.38 Å². The van der Waals surface area contributed by atoms with E-state index in [2.05, 4.69) is 5.32 Å². The van der Waals surface area contributed by atoms with Crippen molar-refractivity contribution in [3.05, 3.63) is 0 Å². The fourth-order valence-corrected chi connectivity index (χ4v) is 1.69. The van der Waals surface area contributed by atoms with Gasteiger partial charge in [0.25, 0.3) is 0 Å². The summed E-state index contributed by atoms with van der Waals surface area (Å²) in [5, 5.41) is 1.69. The number of nitrogens with zero attached hydrogens (tertiary/aromatic N) is 1. The summed E-state index contributed by atoms with van der Waals surface area (Å²) < 4.78 is 0. The summed E-state index contributed by atoms with van der Waals surface area (Å²) in [5.74, 6) is 0.239. The first-order valence-electron chi connectivity index (χ1n) is 5.83. The molecule has 3 amide bonds. The number of carbonyl (C=O) groups is 2. The van der Waals surface area contributed by atoms with Crippen LogP contribution in [0.25, 0.3) is 0 Å². The van der Waals surface area contributed by atoms with Gasteiger partial charge >= 0.3 is 6.03 Å². The van der Waals surface area contributed by atoms with Crippen LogP contribution in [-0.4, -0.2) is 34.8 Å². The molecule has 0 bridgehead atoms. The predicted molar refractivity (Wildman–Crippen MR) is 61.3 cm³/mol. The van der Waals surface area contributed by atoms with Crippen molar-refractivity contribution in [2.75, 3.05) is 6.54 Å². The summed E-state index contributed by atoms with van der Waals surface area (Å²) >= 11 is 5.61. The average Bonchev–Trinajstić information content (AvgIpc) is 3.06. The molecule has 1 atom stereocenters. The second-order valence-corrected chi connectivity index (χ2v) is 5.39. The van der Waals surface area contributed by atoms with Crippen molar-refractivity contribution in [3.63, 3.8) is 0 Å². The van der Waals surface area contributed by atoms with Crippen LogP contribution in [-0.2, 0) is 4.79 Å². The van der Waals surface area contributed by atoms with Crippen LogP contribution < -0.4 is 5.32 Å². The Labute approximate surface area is 100 Å². The molecule has 90 valence electrons. The molecule has 2 rings (SSSR count). The highest BCUT2D eigenvalue weighted by Crippen LogP contribution is 2.34. The molecule has 4 nitrogen and oxygen atoms in total. The van der Waals surface area contributed by atoms with Crippen molar-refractivity contribution < 1.29 is 9.59 Å². The molecular weight excluding hydrogens is 228 g/mol. The van der Waals surface area contributed by atoms with E-state index >= 15 is 0 Å². The lowest BCUT2D eigenvalue weighted by Gasteiger charge is -2.22.